The molecule has 0 aliphatic heterocycles. The van der Waals surface area contributed by atoms with E-state index >= 15 is 0 Å². The zero-order chi connectivity index (χ0) is 9.30. The first-order valence-corrected chi connectivity index (χ1v) is 4.29. The van der Waals surface area contributed by atoms with E-state index in [1.807, 2.05) is 6.07 Å². The van der Waals surface area contributed by atoms with Crippen LogP contribution in [0.3, 0.4) is 0 Å². The predicted octanol–water partition coefficient (Wildman–Crippen LogP) is 3.42. The fraction of sp³-hybridized carbons (Fsp3) is 0.125. The fourth-order valence-corrected chi connectivity index (χ4v) is 1.41. The van der Waals surface area contributed by atoms with Crippen molar-refractivity contribution >= 4 is 27.5 Å². The van der Waals surface area contributed by atoms with Gasteiger partial charge in [0.05, 0.1) is 21.1 Å². The number of benzene rings is 1. The Morgan fingerprint density at radius 3 is 2.75 bits per heavy atom. The van der Waals surface area contributed by atoms with Gasteiger partial charge >= 0.3 is 0 Å². The molecule has 1 nitrogen and oxygen atoms in total. The summed E-state index contributed by atoms with van der Waals surface area (Å²) >= 11 is 8.61. The molecule has 0 bridgehead atoms. The molecule has 1 aromatic carbocycles. The Labute approximate surface area is 82.9 Å². The first kappa shape index (κ1) is 9.50. The summed E-state index contributed by atoms with van der Waals surface area (Å²) in [7, 11) is 0. The average Bonchev–Trinajstić information content (AvgIpc) is 2.08. The van der Waals surface area contributed by atoms with E-state index in [1.165, 1.54) is 13.0 Å². The molecule has 0 atom stereocenters. The zero-order valence-corrected chi connectivity index (χ0v) is 8.50. The monoisotopic (exact) mass is 247 g/mol. The highest BCUT2D eigenvalue weighted by Gasteiger charge is 2.11. The van der Waals surface area contributed by atoms with E-state index in [1.54, 1.807) is 0 Å². The van der Waals surface area contributed by atoms with Crippen molar-refractivity contribution < 1.29 is 4.39 Å². The second-order valence-corrected chi connectivity index (χ2v) is 3.47. The Bertz CT molecular complexity index is 370. The summed E-state index contributed by atoms with van der Waals surface area (Å²) in [5.74, 6) is -0.473. The molecule has 0 fully saturated rings. The number of halogens is 3. The van der Waals surface area contributed by atoms with Gasteiger partial charge in [0.15, 0.2) is 0 Å². The van der Waals surface area contributed by atoms with E-state index in [-0.39, 0.29) is 15.1 Å². The molecular weight excluding hydrogens is 244 g/mol. The van der Waals surface area contributed by atoms with Crippen LogP contribution in [-0.4, -0.2) is 0 Å². The van der Waals surface area contributed by atoms with E-state index in [0.29, 0.717) is 5.56 Å². The van der Waals surface area contributed by atoms with Crippen LogP contribution >= 0.6 is 27.5 Å². The summed E-state index contributed by atoms with van der Waals surface area (Å²) < 4.78 is 13.4. The van der Waals surface area contributed by atoms with E-state index in [2.05, 4.69) is 15.9 Å². The van der Waals surface area contributed by atoms with Gasteiger partial charge in [-0.25, -0.2) is 4.39 Å². The molecule has 0 radical (unpaired) electrons. The smallest absolute Gasteiger partial charge is 0.143 e. The minimum atomic E-state index is -0.473. The highest BCUT2D eigenvalue weighted by atomic mass is 79.9. The Morgan fingerprint density at radius 1 is 1.67 bits per heavy atom. The maximum absolute atomic E-state index is 13.2. The summed E-state index contributed by atoms with van der Waals surface area (Å²) in [6, 6.07) is 3.29. The van der Waals surface area contributed by atoms with Gasteiger partial charge in [-0.05, 0) is 28.9 Å². The lowest BCUT2D eigenvalue weighted by Gasteiger charge is -2.02. The summed E-state index contributed by atoms with van der Waals surface area (Å²) in [4.78, 5) is 0. The highest BCUT2D eigenvalue weighted by molar-refractivity contribution is 9.10. The van der Waals surface area contributed by atoms with Crippen LogP contribution in [0.25, 0.3) is 0 Å². The molecule has 0 unspecified atom stereocenters. The van der Waals surface area contributed by atoms with Gasteiger partial charge in [-0.1, -0.05) is 11.6 Å². The Balaban J connectivity index is 3.52. The number of nitriles is 1. The lowest BCUT2D eigenvalue weighted by Crippen LogP contribution is -1.90. The Morgan fingerprint density at radius 2 is 2.25 bits per heavy atom. The van der Waals surface area contributed by atoms with E-state index in [4.69, 9.17) is 16.9 Å². The van der Waals surface area contributed by atoms with Crippen LogP contribution in [0.4, 0.5) is 4.39 Å². The lowest BCUT2D eigenvalue weighted by molar-refractivity contribution is 0.611. The minimum Gasteiger partial charge on any atom is -0.205 e. The number of rotatable bonds is 0. The molecule has 62 valence electrons. The van der Waals surface area contributed by atoms with Crippen molar-refractivity contribution in [3.63, 3.8) is 0 Å². The molecule has 0 aliphatic rings. The second kappa shape index (κ2) is 3.42. The molecular formula is C8H4BrClFN. The van der Waals surface area contributed by atoms with Gasteiger partial charge in [0.2, 0.25) is 0 Å². The molecule has 0 N–H and O–H groups in total. The standard InChI is InChI=1S/C8H4BrClFN/c1-4-5(3-12)2-6(10)7(9)8(4)11/h2H,1H3. The van der Waals surface area contributed by atoms with Gasteiger partial charge < -0.3 is 0 Å². The average molecular weight is 248 g/mol. The molecule has 0 heterocycles. The van der Waals surface area contributed by atoms with Gasteiger partial charge in [-0.2, -0.15) is 5.26 Å². The first-order chi connectivity index (χ1) is 5.57. The zero-order valence-electron chi connectivity index (χ0n) is 6.16. The quantitative estimate of drug-likeness (QED) is 0.645. The van der Waals surface area contributed by atoms with Crippen LogP contribution < -0.4 is 0 Å². The highest BCUT2D eigenvalue weighted by Crippen LogP contribution is 2.29. The van der Waals surface area contributed by atoms with E-state index in [0.717, 1.165) is 0 Å². The van der Waals surface area contributed by atoms with Crippen molar-refractivity contribution in [3.8, 4) is 6.07 Å². The Hall–Kier alpha value is -0.590. The van der Waals surface area contributed by atoms with Crippen LogP contribution in [-0.2, 0) is 0 Å². The summed E-state index contributed by atoms with van der Waals surface area (Å²) in [5.41, 5.74) is 0.578. The molecule has 0 aromatic heterocycles. The number of hydrogen-bond donors (Lipinski definition) is 0. The summed E-state index contributed by atoms with van der Waals surface area (Å²) in [6.45, 7) is 1.54. The maximum Gasteiger partial charge on any atom is 0.143 e. The first-order valence-electron chi connectivity index (χ1n) is 3.12. The van der Waals surface area contributed by atoms with Crippen molar-refractivity contribution in [2.24, 2.45) is 0 Å². The third kappa shape index (κ3) is 1.45. The van der Waals surface area contributed by atoms with Crippen molar-refractivity contribution in [1.82, 2.24) is 0 Å². The predicted molar refractivity (Wildman–Crippen MR) is 48.6 cm³/mol. The van der Waals surface area contributed by atoms with Gasteiger partial charge in [-0.15, -0.1) is 0 Å². The third-order valence-electron chi connectivity index (χ3n) is 1.53. The maximum atomic E-state index is 13.2. The summed E-state index contributed by atoms with van der Waals surface area (Å²) in [5, 5.41) is 8.78. The fourth-order valence-electron chi connectivity index (χ4n) is 0.802. The molecule has 1 rings (SSSR count). The van der Waals surface area contributed by atoms with Crippen molar-refractivity contribution in [2.45, 2.75) is 6.92 Å². The van der Waals surface area contributed by atoms with Crippen molar-refractivity contribution in [1.29, 1.82) is 5.26 Å². The normalized spacial score (nSPS) is 9.58. The van der Waals surface area contributed by atoms with Crippen LogP contribution in [0.15, 0.2) is 10.5 Å². The van der Waals surface area contributed by atoms with Gasteiger partial charge in [0.25, 0.3) is 0 Å². The molecule has 0 amide bonds. The lowest BCUT2D eigenvalue weighted by atomic mass is 10.1. The van der Waals surface area contributed by atoms with E-state index in [9.17, 15) is 4.39 Å². The minimum absolute atomic E-state index is 0.209. The van der Waals surface area contributed by atoms with E-state index < -0.39 is 5.82 Å². The molecule has 4 heteroatoms. The van der Waals surface area contributed by atoms with Crippen LogP contribution in [0, 0.1) is 24.1 Å². The largest absolute Gasteiger partial charge is 0.205 e. The van der Waals surface area contributed by atoms with Crippen molar-refractivity contribution in [2.75, 3.05) is 0 Å². The number of hydrogen-bond acceptors (Lipinski definition) is 1. The van der Waals surface area contributed by atoms with Gasteiger partial charge in [-0.3, -0.25) is 0 Å². The molecule has 0 saturated carbocycles. The second-order valence-electron chi connectivity index (χ2n) is 2.27. The molecule has 0 spiro atoms. The molecule has 0 aliphatic carbocycles. The molecule has 1 aromatic rings. The van der Waals surface area contributed by atoms with Crippen LogP contribution in [0.2, 0.25) is 5.02 Å². The van der Waals surface area contributed by atoms with Crippen molar-refractivity contribution in [3.05, 3.63) is 32.5 Å². The Kier molecular flexibility index (Phi) is 2.71. The number of nitrogens with zero attached hydrogens (tertiary/aromatic N) is 1. The van der Waals surface area contributed by atoms with Crippen LogP contribution in [0.1, 0.15) is 11.1 Å². The van der Waals surface area contributed by atoms with Crippen LogP contribution in [0.5, 0.6) is 0 Å². The van der Waals surface area contributed by atoms with Gasteiger partial charge in [0.1, 0.15) is 5.82 Å². The molecule has 0 saturated heterocycles. The third-order valence-corrected chi connectivity index (χ3v) is 2.83. The SMILES string of the molecule is Cc1c(C#N)cc(Cl)c(Br)c1F. The topological polar surface area (TPSA) is 23.8 Å². The van der Waals surface area contributed by atoms with Gasteiger partial charge in [0, 0.05) is 5.56 Å². The molecule has 12 heavy (non-hydrogen) atoms. The summed E-state index contributed by atoms with van der Waals surface area (Å²) in [6.07, 6.45) is 0.